The van der Waals surface area contributed by atoms with Crippen LogP contribution >= 0.6 is 0 Å². The predicted octanol–water partition coefficient (Wildman–Crippen LogP) is 3.53. The molecule has 0 rings (SSSR count). The molecule has 0 atom stereocenters. The minimum absolute atomic E-state index is 0. The van der Waals surface area contributed by atoms with Crippen molar-refractivity contribution in [2.75, 3.05) is 6.61 Å². The van der Waals surface area contributed by atoms with Crippen LogP contribution in [-0.4, -0.2) is 50.3 Å². The van der Waals surface area contributed by atoms with Gasteiger partial charge in [-0.15, -0.1) is 0 Å². The van der Waals surface area contributed by atoms with Crippen molar-refractivity contribution < 1.29 is 12.4 Å². The van der Waals surface area contributed by atoms with E-state index in [4.69, 9.17) is 4.74 Å². The second-order valence-corrected chi connectivity index (χ2v) is 3.81. The summed E-state index contributed by atoms with van der Waals surface area (Å²) in [5, 5.41) is 0. The first-order valence-corrected chi connectivity index (χ1v) is 5.90. The Morgan fingerprint density at radius 2 is 1.47 bits per heavy atom. The molecule has 0 aromatic carbocycles. The van der Waals surface area contributed by atoms with Gasteiger partial charge in [0.05, 0.1) is 6.61 Å². The normalized spacial score (nSPS) is 9.47. The van der Waals surface area contributed by atoms with Crippen LogP contribution in [0.1, 0.15) is 68.1 Å². The topological polar surface area (TPSA) is 26.3 Å². The maximum Gasteiger partial charge on any atom is 2.00 e. The molecule has 0 bridgehead atoms. The van der Waals surface area contributed by atoms with E-state index in [1.165, 1.54) is 51.9 Å². The summed E-state index contributed by atoms with van der Waals surface area (Å²) >= 11 is 0. The van der Waals surface area contributed by atoms with Gasteiger partial charge < -0.3 is 7.59 Å². The maximum absolute atomic E-state index is 10.4. The van der Waals surface area contributed by atoms with Crippen LogP contribution < -0.4 is 0 Å². The van der Waals surface area contributed by atoms with Crippen LogP contribution in [0.3, 0.4) is 0 Å². The van der Waals surface area contributed by atoms with E-state index >= 15 is 0 Å². The Bertz CT molecular complexity index is 146. The van der Waals surface area contributed by atoms with E-state index in [1.54, 1.807) is 0 Å². The van der Waals surface area contributed by atoms with Crippen LogP contribution in [0.15, 0.2) is 0 Å². The quantitative estimate of drug-likeness (QED) is 0.351. The predicted molar refractivity (Wildman–Crippen MR) is 67.2 cm³/mol. The second-order valence-electron chi connectivity index (χ2n) is 3.81. The molecule has 0 amide bonds. The summed E-state index contributed by atoms with van der Waals surface area (Å²) in [5.41, 5.74) is 0. The molecule has 0 unspecified atom stereocenters. The van der Waals surface area contributed by atoms with E-state index in [9.17, 15) is 4.79 Å². The van der Waals surface area contributed by atoms with E-state index < -0.39 is 0 Å². The van der Waals surface area contributed by atoms with Gasteiger partial charge >= 0.3 is 43.7 Å². The molecule has 0 heterocycles. The number of ether oxygens (including phenoxy) is 1. The first-order chi connectivity index (χ1) is 6.77. The van der Waals surface area contributed by atoms with Crippen molar-refractivity contribution in [3.05, 3.63) is 0 Å². The number of hydrogen-bond donors (Lipinski definition) is 0. The molecule has 88 valence electrons. The molecule has 0 N–H and O–H groups in total. The van der Waals surface area contributed by atoms with Crippen LogP contribution in [0.4, 0.5) is 0 Å². The van der Waals surface area contributed by atoms with Crippen molar-refractivity contribution >= 4 is 43.7 Å². The average Bonchev–Trinajstić information content (AvgIpc) is 2.15. The molecule has 3 heteroatoms. The SMILES string of the molecule is CCCCCCCCCCOC(C)=O.[Ca+2].[H-].[H-]. The summed E-state index contributed by atoms with van der Waals surface area (Å²) in [6, 6.07) is 0. The van der Waals surface area contributed by atoms with E-state index in [-0.39, 0.29) is 46.6 Å². The average molecular weight is 242 g/mol. The number of unbranched alkanes of at least 4 members (excludes halogenated alkanes) is 7. The minimum atomic E-state index is -0.159. The second kappa shape index (κ2) is 14.7. The fourth-order valence-electron chi connectivity index (χ4n) is 1.45. The molecule has 0 fully saturated rings. The summed E-state index contributed by atoms with van der Waals surface area (Å²) in [6.45, 7) is 4.30. The van der Waals surface area contributed by atoms with Crippen LogP contribution in [0, 0.1) is 0 Å². The van der Waals surface area contributed by atoms with E-state index in [1.807, 2.05) is 0 Å². The van der Waals surface area contributed by atoms with Crippen molar-refractivity contribution in [2.24, 2.45) is 0 Å². The largest absolute Gasteiger partial charge is 2.00 e. The molecule has 0 saturated carbocycles. The molecule has 2 nitrogen and oxygen atoms in total. The molecule has 0 aliphatic carbocycles. The Morgan fingerprint density at radius 3 is 1.93 bits per heavy atom. The number of hydrogen-bond acceptors (Lipinski definition) is 2. The molecule has 15 heavy (non-hydrogen) atoms. The van der Waals surface area contributed by atoms with Crippen molar-refractivity contribution in [3.8, 4) is 0 Å². The third-order valence-electron chi connectivity index (χ3n) is 2.30. The molecule has 0 aromatic rings. The van der Waals surface area contributed by atoms with Crippen molar-refractivity contribution in [1.29, 1.82) is 0 Å². The third kappa shape index (κ3) is 17.3. The van der Waals surface area contributed by atoms with E-state index in [0.29, 0.717) is 6.61 Å². The van der Waals surface area contributed by atoms with Crippen LogP contribution in [0.5, 0.6) is 0 Å². The summed E-state index contributed by atoms with van der Waals surface area (Å²) in [6.07, 6.45) is 10.2. The monoisotopic (exact) mass is 242 g/mol. The number of carbonyl (C=O) groups is 1. The summed E-state index contributed by atoms with van der Waals surface area (Å²) in [5.74, 6) is -0.159. The van der Waals surface area contributed by atoms with Gasteiger partial charge in [-0.3, -0.25) is 4.79 Å². The fourth-order valence-corrected chi connectivity index (χ4v) is 1.45. The van der Waals surface area contributed by atoms with Gasteiger partial charge in [-0.05, 0) is 6.42 Å². The Morgan fingerprint density at radius 1 is 1.00 bits per heavy atom. The van der Waals surface area contributed by atoms with Gasteiger partial charge in [0.25, 0.3) is 0 Å². The first-order valence-electron chi connectivity index (χ1n) is 5.90. The molecule has 0 spiro atoms. The van der Waals surface area contributed by atoms with Gasteiger partial charge in [0.2, 0.25) is 0 Å². The summed E-state index contributed by atoms with van der Waals surface area (Å²) in [7, 11) is 0. The van der Waals surface area contributed by atoms with E-state index in [0.717, 1.165) is 6.42 Å². The number of esters is 1. The van der Waals surface area contributed by atoms with E-state index in [2.05, 4.69) is 6.92 Å². The van der Waals surface area contributed by atoms with Gasteiger partial charge in [0.1, 0.15) is 0 Å². The van der Waals surface area contributed by atoms with Gasteiger partial charge in [0, 0.05) is 6.92 Å². The molecule has 0 aliphatic heterocycles. The van der Waals surface area contributed by atoms with Crippen molar-refractivity contribution in [3.63, 3.8) is 0 Å². The Hall–Kier alpha value is 0.730. The molecule has 0 aromatic heterocycles. The van der Waals surface area contributed by atoms with Crippen molar-refractivity contribution in [1.82, 2.24) is 0 Å². The van der Waals surface area contributed by atoms with Crippen LogP contribution in [0.2, 0.25) is 0 Å². The molecule has 0 saturated heterocycles. The summed E-state index contributed by atoms with van der Waals surface area (Å²) < 4.78 is 4.85. The van der Waals surface area contributed by atoms with Gasteiger partial charge in [-0.2, -0.15) is 0 Å². The summed E-state index contributed by atoms with van der Waals surface area (Å²) in [4.78, 5) is 10.4. The van der Waals surface area contributed by atoms with Crippen LogP contribution in [0.25, 0.3) is 0 Å². The molecular weight excluding hydrogens is 216 g/mol. The van der Waals surface area contributed by atoms with Crippen molar-refractivity contribution in [2.45, 2.75) is 65.2 Å². The number of rotatable bonds is 9. The molecular formula is C12H26CaO2. The van der Waals surface area contributed by atoms with Gasteiger partial charge in [0.15, 0.2) is 0 Å². The first kappa shape index (κ1) is 18.1. The molecule has 0 radical (unpaired) electrons. The Balaban J connectivity index is -0.000000282. The zero-order valence-corrected chi connectivity index (χ0v) is 12.6. The molecule has 0 aliphatic rings. The van der Waals surface area contributed by atoms with Gasteiger partial charge in [-0.25, -0.2) is 0 Å². The maximum atomic E-state index is 10.4. The Kier molecular flexibility index (Phi) is 17.8. The standard InChI is InChI=1S/C12H24O2.Ca.2H/c1-3-4-5-6-7-8-9-10-11-14-12(2)13;;;/h3-11H2,1-2H3;;;/q;+2;2*-1. The Labute approximate surface area is 127 Å². The fraction of sp³-hybridized carbons (Fsp3) is 0.917. The van der Waals surface area contributed by atoms with Gasteiger partial charge in [-0.1, -0.05) is 51.9 Å². The number of carbonyl (C=O) groups excluding carboxylic acids is 1. The zero-order valence-electron chi connectivity index (χ0n) is 12.4. The third-order valence-corrected chi connectivity index (χ3v) is 2.30. The minimum Gasteiger partial charge on any atom is -1.00 e. The zero-order chi connectivity index (χ0) is 10.6. The smallest absolute Gasteiger partial charge is 1.00 e. The van der Waals surface area contributed by atoms with Crippen LogP contribution in [-0.2, 0) is 9.53 Å².